The van der Waals surface area contributed by atoms with E-state index in [1.54, 1.807) is 25.1 Å². The second-order valence-corrected chi connectivity index (χ2v) is 4.93. The van der Waals surface area contributed by atoms with Crippen LogP contribution in [-0.2, 0) is 6.61 Å². The molecule has 2 heterocycles. The zero-order valence-corrected chi connectivity index (χ0v) is 12.5. The van der Waals surface area contributed by atoms with Gasteiger partial charge in [-0.3, -0.25) is 0 Å². The van der Waals surface area contributed by atoms with Gasteiger partial charge in [-0.15, -0.1) is 0 Å². The molecule has 0 aliphatic heterocycles. The SMILES string of the molecule is Cc1nn2c(OCc3c(F)cccc3F)cccc2c1OC(=O)O. The molecule has 0 bridgehead atoms. The Morgan fingerprint density at radius 2 is 1.88 bits per heavy atom. The number of carboxylic acid groups (broad SMARTS) is 1. The molecule has 3 rings (SSSR count). The van der Waals surface area contributed by atoms with E-state index >= 15 is 0 Å². The van der Waals surface area contributed by atoms with Crippen molar-refractivity contribution in [3.63, 3.8) is 0 Å². The molecule has 0 radical (unpaired) electrons. The molecule has 2 aromatic heterocycles. The summed E-state index contributed by atoms with van der Waals surface area (Å²) in [7, 11) is 0. The fourth-order valence-electron chi connectivity index (χ4n) is 2.28. The lowest BCUT2D eigenvalue weighted by Gasteiger charge is -2.09. The van der Waals surface area contributed by atoms with Crippen molar-refractivity contribution in [3.8, 4) is 11.6 Å². The van der Waals surface area contributed by atoms with Gasteiger partial charge in [0, 0.05) is 6.07 Å². The molecule has 0 spiro atoms. The molecule has 1 aromatic carbocycles. The molecule has 124 valence electrons. The van der Waals surface area contributed by atoms with Crippen molar-refractivity contribution in [2.75, 3.05) is 0 Å². The second-order valence-electron chi connectivity index (χ2n) is 4.93. The van der Waals surface area contributed by atoms with Crippen molar-refractivity contribution in [2.45, 2.75) is 13.5 Å². The molecular weight excluding hydrogens is 322 g/mol. The number of halogens is 2. The largest absolute Gasteiger partial charge is 0.511 e. The summed E-state index contributed by atoms with van der Waals surface area (Å²) in [6.45, 7) is 1.23. The van der Waals surface area contributed by atoms with E-state index in [-0.39, 0.29) is 23.8 Å². The standard InChI is InChI=1S/C16H12F2N2O4/c1-9-15(24-16(21)22)13-6-3-7-14(20(13)19-9)23-8-10-11(17)4-2-5-12(10)18/h2-7H,8H2,1H3,(H,21,22). The highest BCUT2D eigenvalue weighted by Gasteiger charge is 2.17. The van der Waals surface area contributed by atoms with Gasteiger partial charge in [0.05, 0.1) is 5.56 Å². The van der Waals surface area contributed by atoms with Crippen molar-refractivity contribution in [1.82, 2.24) is 9.61 Å². The lowest BCUT2D eigenvalue weighted by Crippen LogP contribution is -2.05. The fraction of sp³-hybridized carbons (Fsp3) is 0.125. The minimum atomic E-state index is -1.47. The average molecular weight is 334 g/mol. The monoisotopic (exact) mass is 334 g/mol. The highest BCUT2D eigenvalue weighted by molar-refractivity contribution is 5.70. The Labute approximate surface area is 134 Å². The molecule has 0 unspecified atom stereocenters. The number of ether oxygens (including phenoxy) is 2. The molecule has 0 aliphatic carbocycles. The summed E-state index contributed by atoms with van der Waals surface area (Å²) in [5.74, 6) is -1.16. The molecule has 6 nitrogen and oxygen atoms in total. The van der Waals surface area contributed by atoms with Crippen LogP contribution in [0, 0.1) is 18.6 Å². The summed E-state index contributed by atoms with van der Waals surface area (Å²) >= 11 is 0. The third-order valence-corrected chi connectivity index (χ3v) is 3.36. The van der Waals surface area contributed by atoms with E-state index in [1.165, 1.54) is 10.6 Å². The summed E-state index contributed by atoms with van der Waals surface area (Å²) < 4.78 is 38.8. The van der Waals surface area contributed by atoms with Crippen LogP contribution in [0.25, 0.3) is 5.52 Å². The van der Waals surface area contributed by atoms with Gasteiger partial charge in [0.2, 0.25) is 5.88 Å². The van der Waals surface area contributed by atoms with E-state index < -0.39 is 17.8 Å². The number of nitrogens with zero attached hydrogens (tertiary/aromatic N) is 2. The maximum Gasteiger partial charge on any atom is 0.511 e. The maximum atomic E-state index is 13.7. The Balaban J connectivity index is 1.94. The molecule has 0 atom stereocenters. The van der Waals surface area contributed by atoms with Crippen molar-refractivity contribution in [2.24, 2.45) is 0 Å². The van der Waals surface area contributed by atoms with Gasteiger partial charge in [0.15, 0.2) is 5.75 Å². The van der Waals surface area contributed by atoms with Gasteiger partial charge in [-0.05, 0) is 25.1 Å². The van der Waals surface area contributed by atoms with Crippen LogP contribution in [0.2, 0.25) is 0 Å². The molecule has 24 heavy (non-hydrogen) atoms. The van der Waals surface area contributed by atoms with Crippen molar-refractivity contribution >= 4 is 11.7 Å². The van der Waals surface area contributed by atoms with Gasteiger partial charge < -0.3 is 14.6 Å². The van der Waals surface area contributed by atoms with E-state index in [1.807, 2.05) is 0 Å². The first-order chi connectivity index (χ1) is 11.5. The minimum absolute atomic E-state index is 0.0741. The minimum Gasteiger partial charge on any atom is -0.473 e. The molecule has 0 fully saturated rings. The first kappa shape index (κ1) is 15.7. The van der Waals surface area contributed by atoms with E-state index in [9.17, 15) is 13.6 Å². The average Bonchev–Trinajstić information content (AvgIpc) is 2.83. The number of carbonyl (C=O) groups is 1. The predicted octanol–water partition coefficient (Wildman–Crippen LogP) is 3.56. The maximum absolute atomic E-state index is 13.7. The smallest absolute Gasteiger partial charge is 0.473 e. The lowest BCUT2D eigenvalue weighted by atomic mass is 10.2. The predicted molar refractivity (Wildman–Crippen MR) is 79.3 cm³/mol. The number of hydrogen-bond donors (Lipinski definition) is 1. The van der Waals surface area contributed by atoms with Crippen LogP contribution in [0.3, 0.4) is 0 Å². The number of fused-ring (bicyclic) bond motifs is 1. The molecule has 8 heteroatoms. The number of rotatable bonds is 4. The Bertz CT molecular complexity index is 904. The number of hydrogen-bond acceptors (Lipinski definition) is 4. The molecule has 3 aromatic rings. The lowest BCUT2D eigenvalue weighted by molar-refractivity contribution is 0.144. The Kier molecular flexibility index (Phi) is 4.03. The van der Waals surface area contributed by atoms with Crippen LogP contribution >= 0.6 is 0 Å². The Hall–Kier alpha value is -3.16. The van der Waals surface area contributed by atoms with E-state index in [0.29, 0.717) is 11.2 Å². The van der Waals surface area contributed by atoms with Crippen molar-refractivity contribution in [3.05, 3.63) is 59.3 Å². The Morgan fingerprint density at radius 1 is 1.21 bits per heavy atom. The number of pyridine rings is 1. The van der Waals surface area contributed by atoms with Gasteiger partial charge in [-0.25, -0.2) is 13.6 Å². The summed E-state index contributed by atoms with van der Waals surface area (Å²) in [6.07, 6.45) is -1.47. The van der Waals surface area contributed by atoms with Gasteiger partial charge in [0.25, 0.3) is 0 Å². The van der Waals surface area contributed by atoms with Crippen molar-refractivity contribution in [1.29, 1.82) is 0 Å². The normalized spacial score (nSPS) is 10.8. The van der Waals surface area contributed by atoms with E-state index in [4.69, 9.17) is 14.6 Å². The van der Waals surface area contributed by atoms with Crippen LogP contribution in [0.5, 0.6) is 11.6 Å². The van der Waals surface area contributed by atoms with E-state index in [0.717, 1.165) is 12.1 Å². The summed E-state index contributed by atoms with van der Waals surface area (Å²) in [5.41, 5.74) is 0.493. The summed E-state index contributed by atoms with van der Waals surface area (Å²) in [5, 5.41) is 12.9. The third-order valence-electron chi connectivity index (χ3n) is 3.36. The molecule has 0 saturated carbocycles. The molecule has 1 N–H and O–H groups in total. The summed E-state index contributed by atoms with van der Waals surface area (Å²) in [6, 6.07) is 8.27. The molecule has 0 aliphatic rings. The molecular formula is C16H12F2N2O4. The number of aryl methyl sites for hydroxylation is 1. The number of benzene rings is 1. The second kappa shape index (κ2) is 6.15. The van der Waals surface area contributed by atoms with Crippen LogP contribution in [0.1, 0.15) is 11.3 Å². The van der Waals surface area contributed by atoms with Crippen LogP contribution in [0.4, 0.5) is 13.6 Å². The fourth-order valence-corrected chi connectivity index (χ4v) is 2.28. The van der Waals surface area contributed by atoms with Crippen molar-refractivity contribution < 1.29 is 28.2 Å². The highest BCUT2D eigenvalue weighted by atomic mass is 19.1. The first-order valence-corrected chi connectivity index (χ1v) is 6.92. The summed E-state index contributed by atoms with van der Waals surface area (Å²) in [4.78, 5) is 10.8. The quantitative estimate of drug-likeness (QED) is 0.739. The van der Waals surface area contributed by atoms with Crippen LogP contribution in [-0.4, -0.2) is 20.9 Å². The molecule has 0 saturated heterocycles. The van der Waals surface area contributed by atoms with Gasteiger partial charge >= 0.3 is 6.16 Å². The van der Waals surface area contributed by atoms with Crippen LogP contribution < -0.4 is 9.47 Å². The van der Waals surface area contributed by atoms with Crippen LogP contribution in [0.15, 0.2) is 36.4 Å². The molecule has 0 amide bonds. The zero-order chi connectivity index (χ0) is 17.3. The third kappa shape index (κ3) is 2.85. The van der Waals surface area contributed by atoms with Gasteiger partial charge in [0.1, 0.15) is 29.5 Å². The van der Waals surface area contributed by atoms with E-state index in [2.05, 4.69) is 5.10 Å². The van der Waals surface area contributed by atoms with Gasteiger partial charge in [-0.2, -0.15) is 9.61 Å². The van der Waals surface area contributed by atoms with Gasteiger partial charge in [-0.1, -0.05) is 12.1 Å². The highest BCUT2D eigenvalue weighted by Crippen LogP contribution is 2.28. The number of aromatic nitrogens is 2. The first-order valence-electron chi connectivity index (χ1n) is 6.92. The zero-order valence-electron chi connectivity index (χ0n) is 12.5. The topological polar surface area (TPSA) is 73.1 Å². The Morgan fingerprint density at radius 3 is 2.54 bits per heavy atom.